The highest BCUT2D eigenvalue weighted by atomic mass is 32.2. The van der Waals surface area contributed by atoms with E-state index in [2.05, 4.69) is 0 Å². The van der Waals surface area contributed by atoms with Gasteiger partial charge in [-0.05, 0) is 12.3 Å². The molecule has 0 amide bonds. The van der Waals surface area contributed by atoms with Crippen LogP contribution in [0.25, 0.3) is 0 Å². The average molecular weight is 332 g/mol. The van der Waals surface area contributed by atoms with Gasteiger partial charge in [-0.15, -0.1) is 11.8 Å². The van der Waals surface area contributed by atoms with Crippen LogP contribution in [-0.2, 0) is 0 Å². The smallest absolute Gasteiger partial charge is 0.194 e. The first-order chi connectivity index (χ1) is 11.7. The van der Waals surface area contributed by atoms with Crippen molar-refractivity contribution in [2.75, 3.05) is 6.26 Å². The predicted octanol–water partition coefficient (Wildman–Crippen LogP) is 4.87. The highest BCUT2D eigenvalue weighted by Crippen LogP contribution is 2.28. The Hall–Kier alpha value is -2.65. The molecule has 0 atom stereocenters. The molecule has 2 nitrogen and oxygen atoms in total. The fourth-order valence-electron chi connectivity index (χ4n) is 2.60. The normalized spacial score (nSPS) is 10.4. The second kappa shape index (κ2) is 7.28. The Morgan fingerprint density at radius 1 is 0.667 bits per heavy atom. The Labute approximate surface area is 145 Å². The first kappa shape index (κ1) is 16.2. The monoisotopic (exact) mass is 332 g/mol. The van der Waals surface area contributed by atoms with Crippen LogP contribution in [0.5, 0.6) is 0 Å². The summed E-state index contributed by atoms with van der Waals surface area (Å²) in [6, 6.07) is 23.5. The minimum absolute atomic E-state index is 0.125. The van der Waals surface area contributed by atoms with Crippen LogP contribution < -0.4 is 0 Å². The molecule has 3 heteroatoms. The largest absolute Gasteiger partial charge is 0.289 e. The number of rotatable bonds is 5. The number of ketones is 2. The van der Waals surface area contributed by atoms with E-state index in [-0.39, 0.29) is 11.6 Å². The Kier molecular flexibility index (Phi) is 4.92. The molecular weight excluding hydrogens is 316 g/mol. The molecule has 0 aromatic heterocycles. The number of benzene rings is 3. The molecule has 0 aliphatic carbocycles. The minimum atomic E-state index is -0.134. The number of thioether (sulfide) groups is 1. The Bertz CT molecular complexity index is 871. The van der Waals surface area contributed by atoms with E-state index >= 15 is 0 Å². The van der Waals surface area contributed by atoms with Crippen LogP contribution in [0.1, 0.15) is 31.8 Å². The Morgan fingerprint density at radius 3 is 1.75 bits per heavy atom. The van der Waals surface area contributed by atoms with Gasteiger partial charge in [0.15, 0.2) is 11.6 Å². The Balaban J connectivity index is 2.14. The number of hydrogen-bond donors (Lipinski definition) is 0. The van der Waals surface area contributed by atoms with Crippen molar-refractivity contribution in [1.29, 1.82) is 0 Å². The number of carbonyl (C=O) groups excluding carboxylic acids is 2. The van der Waals surface area contributed by atoms with E-state index in [1.807, 2.05) is 54.8 Å². The third-order valence-corrected chi connectivity index (χ3v) is 4.57. The van der Waals surface area contributed by atoms with Crippen LogP contribution in [0.3, 0.4) is 0 Å². The van der Waals surface area contributed by atoms with Crippen LogP contribution in [0.4, 0.5) is 0 Å². The van der Waals surface area contributed by atoms with Crippen molar-refractivity contribution in [3.63, 3.8) is 0 Å². The van der Waals surface area contributed by atoms with Gasteiger partial charge in [-0.25, -0.2) is 0 Å². The summed E-state index contributed by atoms with van der Waals surface area (Å²) in [6.07, 6.45) is 1.91. The van der Waals surface area contributed by atoms with E-state index in [1.54, 1.807) is 30.3 Å². The summed E-state index contributed by atoms with van der Waals surface area (Å²) in [4.78, 5) is 26.7. The summed E-state index contributed by atoms with van der Waals surface area (Å²) in [5, 5.41) is 0. The SMILES string of the molecule is CSc1cccc(C(=O)c2ccccc2)c1C(=O)c1ccccc1. The molecule has 0 bridgehead atoms. The van der Waals surface area contributed by atoms with Gasteiger partial charge in [-0.2, -0.15) is 0 Å². The van der Waals surface area contributed by atoms with Gasteiger partial charge in [0.1, 0.15) is 0 Å². The molecule has 0 unspecified atom stereocenters. The van der Waals surface area contributed by atoms with E-state index in [4.69, 9.17) is 0 Å². The van der Waals surface area contributed by atoms with Gasteiger partial charge in [0.05, 0.1) is 0 Å². The molecule has 3 aromatic rings. The molecule has 0 saturated carbocycles. The molecule has 24 heavy (non-hydrogen) atoms. The van der Waals surface area contributed by atoms with Gasteiger partial charge >= 0.3 is 0 Å². The number of hydrogen-bond acceptors (Lipinski definition) is 3. The minimum Gasteiger partial charge on any atom is -0.289 e. The van der Waals surface area contributed by atoms with E-state index in [0.29, 0.717) is 22.3 Å². The molecule has 0 radical (unpaired) electrons. The lowest BCUT2D eigenvalue weighted by Crippen LogP contribution is -2.12. The molecule has 3 aromatic carbocycles. The maximum Gasteiger partial charge on any atom is 0.194 e. The summed E-state index contributed by atoms with van der Waals surface area (Å²) in [7, 11) is 0. The zero-order valence-corrected chi connectivity index (χ0v) is 14.0. The quantitative estimate of drug-likeness (QED) is 0.494. The maximum absolute atomic E-state index is 13.0. The lowest BCUT2D eigenvalue weighted by molar-refractivity contribution is 0.100. The highest BCUT2D eigenvalue weighted by Gasteiger charge is 2.22. The van der Waals surface area contributed by atoms with Crippen molar-refractivity contribution in [2.45, 2.75) is 4.90 Å². The van der Waals surface area contributed by atoms with Gasteiger partial charge in [0, 0.05) is 27.1 Å². The van der Waals surface area contributed by atoms with E-state index in [9.17, 15) is 9.59 Å². The summed E-state index contributed by atoms with van der Waals surface area (Å²) < 4.78 is 0. The molecule has 0 saturated heterocycles. The molecule has 0 aliphatic rings. The maximum atomic E-state index is 13.0. The van der Waals surface area contributed by atoms with Gasteiger partial charge in [-0.1, -0.05) is 72.8 Å². The molecular formula is C21H16O2S. The predicted molar refractivity (Wildman–Crippen MR) is 98.0 cm³/mol. The summed E-state index contributed by atoms with van der Waals surface area (Å²) >= 11 is 1.47. The van der Waals surface area contributed by atoms with Crippen molar-refractivity contribution in [3.05, 3.63) is 101 Å². The fourth-order valence-corrected chi connectivity index (χ4v) is 3.22. The van der Waals surface area contributed by atoms with Gasteiger partial charge < -0.3 is 0 Å². The van der Waals surface area contributed by atoms with Crippen LogP contribution in [0.15, 0.2) is 83.8 Å². The van der Waals surface area contributed by atoms with Crippen LogP contribution >= 0.6 is 11.8 Å². The third kappa shape index (κ3) is 3.17. The van der Waals surface area contributed by atoms with E-state index < -0.39 is 0 Å². The second-order valence-corrected chi connectivity index (χ2v) is 6.12. The van der Waals surface area contributed by atoms with E-state index in [1.165, 1.54) is 11.8 Å². The molecule has 0 spiro atoms. The zero-order valence-electron chi connectivity index (χ0n) is 13.2. The Morgan fingerprint density at radius 2 is 1.21 bits per heavy atom. The second-order valence-electron chi connectivity index (χ2n) is 5.27. The summed E-state index contributed by atoms with van der Waals surface area (Å²) in [5.74, 6) is -0.259. The third-order valence-electron chi connectivity index (χ3n) is 3.79. The van der Waals surface area contributed by atoms with Gasteiger partial charge in [0.25, 0.3) is 0 Å². The zero-order chi connectivity index (χ0) is 16.9. The molecule has 0 N–H and O–H groups in total. The molecule has 0 fully saturated rings. The fraction of sp³-hybridized carbons (Fsp3) is 0.0476. The number of carbonyl (C=O) groups is 2. The average Bonchev–Trinajstić information content (AvgIpc) is 2.67. The van der Waals surface area contributed by atoms with Crippen molar-refractivity contribution in [3.8, 4) is 0 Å². The first-order valence-electron chi connectivity index (χ1n) is 7.59. The van der Waals surface area contributed by atoms with Crippen LogP contribution in [0, 0.1) is 0 Å². The van der Waals surface area contributed by atoms with Crippen molar-refractivity contribution in [2.24, 2.45) is 0 Å². The molecule has 0 aliphatic heterocycles. The first-order valence-corrected chi connectivity index (χ1v) is 8.81. The topological polar surface area (TPSA) is 34.1 Å². The van der Waals surface area contributed by atoms with Gasteiger partial charge in [0.2, 0.25) is 0 Å². The molecule has 0 heterocycles. The summed E-state index contributed by atoms with van der Waals surface area (Å²) in [5.41, 5.74) is 2.09. The molecule has 118 valence electrons. The van der Waals surface area contributed by atoms with Crippen molar-refractivity contribution < 1.29 is 9.59 Å². The molecule has 3 rings (SSSR count). The lowest BCUT2D eigenvalue weighted by atomic mass is 9.93. The summed E-state index contributed by atoms with van der Waals surface area (Å²) in [6.45, 7) is 0. The standard InChI is InChI=1S/C21H16O2S/c1-24-18-14-8-13-17(20(22)15-9-4-2-5-10-15)19(18)21(23)16-11-6-3-7-12-16/h2-14H,1H3. The van der Waals surface area contributed by atoms with E-state index in [0.717, 1.165) is 4.90 Å². The van der Waals surface area contributed by atoms with Crippen LogP contribution in [-0.4, -0.2) is 17.8 Å². The van der Waals surface area contributed by atoms with Crippen LogP contribution in [0.2, 0.25) is 0 Å². The van der Waals surface area contributed by atoms with Gasteiger partial charge in [-0.3, -0.25) is 9.59 Å². The van der Waals surface area contributed by atoms with Crippen molar-refractivity contribution in [1.82, 2.24) is 0 Å². The lowest BCUT2D eigenvalue weighted by Gasteiger charge is -2.12. The highest BCUT2D eigenvalue weighted by molar-refractivity contribution is 7.98. The van der Waals surface area contributed by atoms with Crippen molar-refractivity contribution >= 4 is 23.3 Å².